The zero-order chi connectivity index (χ0) is 22.6. The predicted octanol–water partition coefficient (Wildman–Crippen LogP) is 8.14. The molecule has 0 spiro atoms. The molecule has 0 aromatic heterocycles. The smallest absolute Gasteiger partial charge is 0.0555 e. The summed E-state index contributed by atoms with van der Waals surface area (Å²) in [5.74, 6) is 0.370. The Morgan fingerprint density at radius 3 is 2.59 bits per heavy atom. The van der Waals surface area contributed by atoms with Gasteiger partial charge in [-0.25, -0.2) is 0 Å². The topological polar surface area (TPSA) is 12.0 Å². The first kappa shape index (κ1) is 18.8. The summed E-state index contributed by atoms with van der Waals surface area (Å²) in [5, 5.41) is 9.49. The number of hydrogen-bond donors (Lipinski definition) is 1. The van der Waals surface area contributed by atoms with Gasteiger partial charge in [0.15, 0.2) is 0 Å². The highest BCUT2D eigenvalue weighted by atomic mass is 15.0. The largest absolute Gasteiger partial charge is 0.378 e. The standard InChI is InChI=1S/C33H27N/c1-33(2)29-14-8-7-13-23(29)26-16-28-27-15-24-21-11-5-3-9-19(21)20-10-4-6-12-22(20)25(24)17-31(27)34-32(28)18-30(26)33/h4-8,10-18,28,32,34H,3,9H2,1-2H3. The molecule has 3 aliphatic carbocycles. The number of anilines is 1. The lowest BCUT2D eigenvalue weighted by molar-refractivity contribution is 0.646. The first-order valence-corrected chi connectivity index (χ1v) is 12.6. The number of benzene rings is 4. The monoisotopic (exact) mass is 437 g/mol. The van der Waals surface area contributed by atoms with Crippen LogP contribution >= 0.6 is 0 Å². The molecule has 0 saturated carbocycles. The van der Waals surface area contributed by atoms with Crippen LogP contribution in [0.25, 0.3) is 33.2 Å². The van der Waals surface area contributed by atoms with Gasteiger partial charge in [0, 0.05) is 17.0 Å². The lowest BCUT2D eigenvalue weighted by Crippen LogP contribution is -2.24. The first-order valence-electron chi connectivity index (χ1n) is 12.6. The molecule has 8 rings (SSSR count). The number of hydrogen-bond acceptors (Lipinski definition) is 1. The van der Waals surface area contributed by atoms with E-state index < -0.39 is 0 Å². The van der Waals surface area contributed by atoms with E-state index in [0.29, 0.717) is 12.0 Å². The SMILES string of the molecule is CC1(C)C2=CC3Nc4cc5c(cc4C3C=C2c2ccccc21)c1c(c2ccccc25)CCC=C1. The van der Waals surface area contributed by atoms with Gasteiger partial charge in [0.2, 0.25) is 0 Å². The van der Waals surface area contributed by atoms with E-state index in [1.54, 1.807) is 0 Å². The van der Waals surface area contributed by atoms with Gasteiger partial charge in [-0.2, -0.15) is 0 Å². The molecule has 0 amide bonds. The quantitative estimate of drug-likeness (QED) is 0.274. The second-order valence-corrected chi connectivity index (χ2v) is 10.9. The minimum atomic E-state index is 0.0502. The van der Waals surface area contributed by atoms with Crippen LogP contribution in [0.3, 0.4) is 0 Å². The molecule has 1 heteroatoms. The average Bonchev–Trinajstić information content (AvgIpc) is 3.34. The van der Waals surface area contributed by atoms with Crippen LogP contribution in [-0.4, -0.2) is 6.04 Å². The van der Waals surface area contributed by atoms with E-state index in [4.69, 9.17) is 0 Å². The second-order valence-electron chi connectivity index (χ2n) is 10.9. The highest BCUT2D eigenvalue weighted by Crippen LogP contribution is 2.55. The van der Waals surface area contributed by atoms with Crippen LogP contribution in [0.4, 0.5) is 5.69 Å². The van der Waals surface area contributed by atoms with Gasteiger partial charge < -0.3 is 5.32 Å². The molecule has 1 aliphatic heterocycles. The van der Waals surface area contributed by atoms with E-state index >= 15 is 0 Å². The molecule has 4 aliphatic rings. The molecule has 4 aromatic rings. The molecule has 164 valence electrons. The van der Waals surface area contributed by atoms with Gasteiger partial charge in [-0.3, -0.25) is 0 Å². The molecule has 1 heterocycles. The highest BCUT2D eigenvalue weighted by Gasteiger charge is 2.43. The fraction of sp³-hybridized carbons (Fsp3) is 0.212. The Hall–Kier alpha value is -3.58. The molecule has 0 fully saturated rings. The third kappa shape index (κ3) is 2.25. The van der Waals surface area contributed by atoms with Crippen molar-refractivity contribution in [2.24, 2.45) is 0 Å². The van der Waals surface area contributed by atoms with Crippen molar-refractivity contribution in [2.75, 3.05) is 5.32 Å². The number of allylic oxidation sites excluding steroid dienone is 3. The van der Waals surface area contributed by atoms with E-state index in [9.17, 15) is 0 Å². The van der Waals surface area contributed by atoms with E-state index in [-0.39, 0.29) is 5.41 Å². The van der Waals surface area contributed by atoms with Crippen LogP contribution in [0, 0.1) is 0 Å². The molecule has 2 unspecified atom stereocenters. The van der Waals surface area contributed by atoms with Crippen molar-refractivity contribution in [3.8, 4) is 0 Å². The van der Waals surface area contributed by atoms with Gasteiger partial charge in [-0.05, 0) is 85.5 Å². The van der Waals surface area contributed by atoms with Gasteiger partial charge >= 0.3 is 0 Å². The molecule has 0 bridgehead atoms. The van der Waals surface area contributed by atoms with Crippen LogP contribution in [0.2, 0.25) is 0 Å². The minimum absolute atomic E-state index is 0.0502. The summed E-state index contributed by atoms with van der Waals surface area (Å²) >= 11 is 0. The van der Waals surface area contributed by atoms with Crippen molar-refractivity contribution in [1.29, 1.82) is 0 Å². The van der Waals surface area contributed by atoms with Crippen molar-refractivity contribution in [3.63, 3.8) is 0 Å². The lowest BCUT2D eigenvalue weighted by atomic mass is 9.77. The molecular formula is C33H27N. The molecular weight excluding hydrogens is 410 g/mol. The Morgan fingerprint density at radius 1 is 0.853 bits per heavy atom. The highest BCUT2D eigenvalue weighted by molar-refractivity contribution is 6.14. The Balaban J connectivity index is 1.38. The van der Waals surface area contributed by atoms with Crippen LogP contribution < -0.4 is 5.32 Å². The molecule has 2 atom stereocenters. The summed E-state index contributed by atoms with van der Waals surface area (Å²) in [4.78, 5) is 0. The summed E-state index contributed by atoms with van der Waals surface area (Å²) in [6.45, 7) is 4.75. The van der Waals surface area contributed by atoms with Crippen molar-refractivity contribution >= 4 is 38.9 Å². The van der Waals surface area contributed by atoms with Crippen molar-refractivity contribution in [2.45, 2.75) is 44.1 Å². The van der Waals surface area contributed by atoms with E-state index in [1.165, 1.54) is 66.2 Å². The fourth-order valence-electron chi connectivity index (χ4n) is 7.17. The van der Waals surface area contributed by atoms with Crippen LogP contribution in [-0.2, 0) is 11.8 Å². The second kappa shape index (κ2) is 6.30. The Labute approximate surface area is 200 Å². The van der Waals surface area contributed by atoms with E-state index in [0.717, 1.165) is 12.8 Å². The molecule has 34 heavy (non-hydrogen) atoms. The summed E-state index contributed by atoms with van der Waals surface area (Å²) < 4.78 is 0. The third-order valence-corrected chi connectivity index (χ3v) is 8.81. The summed E-state index contributed by atoms with van der Waals surface area (Å²) in [6, 6.07) is 23.2. The van der Waals surface area contributed by atoms with Crippen molar-refractivity contribution < 1.29 is 0 Å². The van der Waals surface area contributed by atoms with Gasteiger partial charge in [-0.15, -0.1) is 0 Å². The number of nitrogens with one attached hydrogen (secondary N) is 1. The maximum absolute atomic E-state index is 3.91. The maximum atomic E-state index is 3.91. The van der Waals surface area contributed by atoms with E-state index in [1.807, 2.05) is 0 Å². The third-order valence-electron chi connectivity index (χ3n) is 8.81. The molecule has 4 aromatic carbocycles. The normalized spacial score (nSPS) is 22.9. The van der Waals surface area contributed by atoms with Crippen LogP contribution in [0.1, 0.15) is 54.0 Å². The van der Waals surface area contributed by atoms with Crippen molar-refractivity contribution in [1.82, 2.24) is 0 Å². The zero-order valence-corrected chi connectivity index (χ0v) is 19.7. The molecule has 0 saturated heterocycles. The number of fused-ring (bicyclic) bond motifs is 12. The summed E-state index contributed by atoms with van der Waals surface area (Å²) in [5.41, 5.74) is 11.5. The summed E-state index contributed by atoms with van der Waals surface area (Å²) in [6.07, 6.45) is 12.1. The Bertz CT molecular complexity index is 1660. The van der Waals surface area contributed by atoms with Gasteiger partial charge in [0.05, 0.1) is 6.04 Å². The first-order chi connectivity index (χ1) is 16.6. The van der Waals surface area contributed by atoms with Gasteiger partial charge in [0.1, 0.15) is 0 Å². The predicted molar refractivity (Wildman–Crippen MR) is 144 cm³/mol. The maximum Gasteiger partial charge on any atom is 0.0555 e. The van der Waals surface area contributed by atoms with Crippen LogP contribution in [0.5, 0.6) is 0 Å². The molecule has 1 nitrogen and oxygen atoms in total. The molecule has 1 N–H and O–H groups in total. The van der Waals surface area contributed by atoms with Gasteiger partial charge in [-0.1, -0.05) is 86.7 Å². The fourth-order valence-corrected chi connectivity index (χ4v) is 7.17. The number of aryl methyl sites for hydroxylation is 1. The van der Waals surface area contributed by atoms with Gasteiger partial charge in [0.25, 0.3) is 0 Å². The van der Waals surface area contributed by atoms with E-state index in [2.05, 4.69) is 104 Å². The Morgan fingerprint density at radius 2 is 1.68 bits per heavy atom. The average molecular weight is 438 g/mol. The number of rotatable bonds is 0. The van der Waals surface area contributed by atoms with Crippen molar-refractivity contribution in [3.05, 3.63) is 112 Å². The Kier molecular flexibility index (Phi) is 3.48. The minimum Gasteiger partial charge on any atom is -0.378 e. The zero-order valence-electron chi connectivity index (χ0n) is 19.7. The lowest BCUT2D eigenvalue weighted by Gasteiger charge is -2.28. The molecule has 0 radical (unpaired) electrons. The summed E-state index contributed by atoms with van der Waals surface area (Å²) in [7, 11) is 0. The van der Waals surface area contributed by atoms with Crippen LogP contribution in [0.15, 0.2) is 84.5 Å².